The number of halogens is 1. The van der Waals surface area contributed by atoms with E-state index in [0.29, 0.717) is 10.0 Å². The first kappa shape index (κ1) is 15.6. The smallest absolute Gasteiger partial charge is 0.279 e. The van der Waals surface area contributed by atoms with Gasteiger partial charge in [0.2, 0.25) is 0 Å². The van der Waals surface area contributed by atoms with E-state index in [2.05, 4.69) is 20.5 Å². The molecule has 1 aromatic heterocycles. The van der Waals surface area contributed by atoms with E-state index in [9.17, 15) is 10.1 Å². The predicted octanol–water partition coefficient (Wildman–Crippen LogP) is 5.97. The van der Waals surface area contributed by atoms with Gasteiger partial charge in [-0.1, -0.05) is 52.3 Å². The third-order valence-electron chi connectivity index (χ3n) is 4.16. The topological polar surface area (TPSA) is 48.1 Å². The van der Waals surface area contributed by atoms with E-state index in [1.807, 2.05) is 66.7 Å². The summed E-state index contributed by atoms with van der Waals surface area (Å²) in [5, 5.41) is 12.6. The third kappa shape index (κ3) is 2.72. The quantitative estimate of drug-likeness (QED) is 0.318. The molecule has 0 fully saturated rings. The molecule has 1 heterocycles. The molecule has 4 aromatic rings. The van der Waals surface area contributed by atoms with Crippen LogP contribution < -0.4 is 0 Å². The van der Waals surface area contributed by atoms with E-state index in [1.165, 1.54) is 0 Å². The lowest BCUT2D eigenvalue weighted by Gasteiger charge is -2.11. The van der Waals surface area contributed by atoms with Gasteiger partial charge in [-0.2, -0.15) is 0 Å². The Morgan fingerprint density at radius 1 is 0.880 bits per heavy atom. The van der Waals surface area contributed by atoms with Gasteiger partial charge in [0.1, 0.15) is 0 Å². The molecule has 0 spiro atoms. The van der Waals surface area contributed by atoms with Crippen LogP contribution in [0, 0.1) is 10.1 Å². The van der Waals surface area contributed by atoms with Crippen molar-refractivity contribution in [2.75, 3.05) is 0 Å². The fourth-order valence-electron chi connectivity index (χ4n) is 3.08. The van der Waals surface area contributed by atoms with Gasteiger partial charge in [-0.3, -0.25) is 10.1 Å². The zero-order chi connectivity index (χ0) is 17.4. The molecule has 0 amide bonds. The van der Waals surface area contributed by atoms with Gasteiger partial charge in [0.25, 0.3) is 5.69 Å². The van der Waals surface area contributed by atoms with Crippen LogP contribution >= 0.6 is 15.9 Å². The number of hydrogen-bond acceptors (Lipinski definition) is 2. The van der Waals surface area contributed by atoms with Crippen molar-refractivity contribution in [3.8, 4) is 16.9 Å². The van der Waals surface area contributed by atoms with Gasteiger partial charge in [0.05, 0.1) is 21.7 Å². The summed E-state index contributed by atoms with van der Waals surface area (Å²) in [4.78, 5) is 11.2. The Balaban J connectivity index is 2.09. The molecule has 0 saturated carbocycles. The van der Waals surface area contributed by atoms with E-state index < -0.39 is 0 Å². The molecule has 0 aliphatic rings. The fraction of sp³-hybridized carbons (Fsp3) is 0. The van der Waals surface area contributed by atoms with Crippen molar-refractivity contribution in [1.29, 1.82) is 0 Å². The number of para-hydroxylation sites is 2. The lowest BCUT2D eigenvalue weighted by molar-refractivity contribution is -0.384. The van der Waals surface area contributed by atoms with Crippen LogP contribution in [-0.4, -0.2) is 9.49 Å². The molecular formula is C20H13BrN2O2. The first-order chi connectivity index (χ1) is 12.1. The molecule has 0 N–H and O–H groups in total. The van der Waals surface area contributed by atoms with Crippen LogP contribution in [0.1, 0.15) is 0 Å². The number of aromatic nitrogens is 1. The summed E-state index contributed by atoms with van der Waals surface area (Å²) in [5.74, 6) is 0. The average molecular weight is 393 g/mol. The summed E-state index contributed by atoms with van der Waals surface area (Å²) in [6.45, 7) is 0. The number of benzene rings is 3. The molecule has 0 unspecified atom stereocenters. The van der Waals surface area contributed by atoms with E-state index >= 15 is 0 Å². The monoisotopic (exact) mass is 392 g/mol. The zero-order valence-corrected chi connectivity index (χ0v) is 14.7. The highest BCUT2D eigenvalue weighted by Crippen LogP contribution is 2.37. The standard InChI is InChI=1S/C20H13BrN2O2/c21-15-10-11-17(20(13-15)23(24)25)19-12-14-6-4-5-9-18(14)22(19)16-7-2-1-3-8-16/h1-13H. The molecule has 0 atom stereocenters. The SMILES string of the molecule is O=[N+]([O-])c1cc(Br)ccc1-c1cc2ccccc2n1-c1ccccc1. The van der Waals surface area contributed by atoms with Gasteiger partial charge in [0, 0.05) is 21.6 Å². The maximum absolute atomic E-state index is 11.6. The van der Waals surface area contributed by atoms with Crippen molar-refractivity contribution in [2.24, 2.45) is 0 Å². The number of hydrogen-bond donors (Lipinski definition) is 0. The van der Waals surface area contributed by atoms with Gasteiger partial charge in [0.15, 0.2) is 0 Å². The molecule has 0 bridgehead atoms. The largest absolute Gasteiger partial charge is 0.309 e. The molecule has 0 aliphatic carbocycles. The second kappa shape index (κ2) is 6.18. The van der Waals surface area contributed by atoms with E-state index in [0.717, 1.165) is 22.3 Å². The van der Waals surface area contributed by atoms with Crippen LogP contribution in [0.2, 0.25) is 0 Å². The van der Waals surface area contributed by atoms with Crippen molar-refractivity contribution in [2.45, 2.75) is 0 Å². The molecule has 0 saturated heterocycles. The first-order valence-corrected chi connectivity index (χ1v) is 8.54. The molecule has 4 nitrogen and oxygen atoms in total. The molecule has 3 aromatic carbocycles. The molecule has 5 heteroatoms. The number of fused-ring (bicyclic) bond motifs is 1. The van der Waals surface area contributed by atoms with E-state index in [-0.39, 0.29) is 10.6 Å². The van der Waals surface area contributed by atoms with E-state index in [4.69, 9.17) is 0 Å². The third-order valence-corrected chi connectivity index (χ3v) is 4.65. The van der Waals surface area contributed by atoms with Crippen LogP contribution in [-0.2, 0) is 0 Å². The Bertz CT molecular complexity index is 1090. The van der Waals surface area contributed by atoms with Crippen LogP contribution in [0.5, 0.6) is 0 Å². The minimum absolute atomic E-state index is 0.0781. The summed E-state index contributed by atoms with van der Waals surface area (Å²) in [7, 11) is 0. The van der Waals surface area contributed by atoms with Crippen molar-refractivity contribution < 1.29 is 4.92 Å². The normalized spacial score (nSPS) is 10.9. The minimum Gasteiger partial charge on any atom is -0.309 e. The lowest BCUT2D eigenvalue weighted by Crippen LogP contribution is -1.99. The Labute approximate surface area is 152 Å². The van der Waals surface area contributed by atoms with Gasteiger partial charge in [-0.05, 0) is 36.4 Å². The maximum Gasteiger partial charge on any atom is 0.279 e. The average Bonchev–Trinajstić information content (AvgIpc) is 3.01. The number of nitro benzene ring substituents is 1. The van der Waals surface area contributed by atoms with Crippen molar-refractivity contribution in [1.82, 2.24) is 4.57 Å². The molecular weight excluding hydrogens is 380 g/mol. The number of rotatable bonds is 3. The summed E-state index contributed by atoms with van der Waals surface area (Å²) in [6.07, 6.45) is 0. The minimum atomic E-state index is -0.340. The first-order valence-electron chi connectivity index (χ1n) is 7.75. The van der Waals surface area contributed by atoms with Crippen LogP contribution in [0.4, 0.5) is 5.69 Å². The van der Waals surface area contributed by atoms with Gasteiger partial charge in [-0.15, -0.1) is 0 Å². The highest BCUT2D eigenvalue weighted by atomic mass is 79.9. The van der Waals surface area contributed by atoms with Crippen molar-refractivity contribution in [3.63, 3.8) is 0 Å². The summed E-state index contributed by atoms with van der Waals surface area (Å²) < 4.78 is 2.75. The Morgan fingerprint density at radius 2 is 1.60 bits per heavy atom. The maximum atomic E-state index is 11.6. The van der Waals surface area contributed by atoms with Crippen molar-refractivity contribution in [3.05, 3.63) is 93.4 Å². The number of nitro groups is 1. The highest BCUT2D eigenvalue weighted by molar-refractivity contribution is 9.10. The molecule has 122 valence electrons. The second-order valence-corrected chi connectivity index (χ2v) is 6.59. The lowest BCUT2D eigenvalue weighted by atomic mass is 10.1. The molecule has 4 rings (SSSR count). The molecule has 25 heavy (non-hydrogen) atoms. The molecule has 0 aliphatic heterocycles. The fourth-order valence-corrected chi connectivity index (χ4v) is 3.43. The molecule has 0 radical (unpaired) electrons. The Morgan fingerprint density at radius 3 is 2.36 bits per heavy atom. The highest BCUT2D eigenvalue weighted by Gasteiger charge is 2.21. The Hall–Kier alpha value is -2.92. The summed E-state index contributed by atoms with van der Waals surface area (Å²) >= 11 is 3.32. The van der Waals surface area contributed by atoms with Crippen LogP contribution in [0.25, 0.3) is 27.8 Å². The van der Waals surface area contributed by atoms with Gasteiger partial charge >= 0.3 is 0 Å². The van der Waals surface area contributed by atoms with Crippen LogP contribution in [0.15, 0.2) is 83.3 Å². The summed E-state index contributed by atoms with van der Waals surface area (Å²) in [6, 6.07) is 25.0. The van der Waals surface area contributed by atoms with Gasteiger partial charge < -0.3 is 4.57 Å². The zero-order valence-electron chi connectivity index (χ0n) is 13.1. The van der Waals surface area contributed by atoms with Gasteiger partial charge in [-0.25, -0.2) is 0 Å². The predicted molar refractivity (Wildman–Crippen MR) is 103 cm³/mol. The van der Waals surface area contributed by atoms with Crippen molar-refractivity contribution >= 4 is 32.5 Å². The Kier molecular flexibility index (Phi) is 3.86. The summed E-state index contributed by atoms with van der Waals surface area (Å²) in [5.41, 5.74) is 3.45. The van der Waals surface area contributed by atoms with Crippen LogP contribution in [0.3, 0.4) is 0 Å². The number of nitrogens with zero attached hydrogens (tertiary/aromatic N) is 2. The van der Waals surface area contributed by atoms with E-state index in [1.54, 1.807) is 12.1 Å². The second-order valence-electron chi connectivity index (χ2n) is 5.68.